The fourth-order valence-corrected chi connectivity index (χ4v) is 3.20. The summed E-state index contributed by atoms with van der Waals surface area (Å²) in [5, 5.41) is 5.85. The Balaban J connectivity index is 1.58. The van der Waals surface area contributed by atoms with E-state index in [1.807, 2.05) is 69.3 Å². The molecule has 2 aromatic carbocycles. The van der Waals surface area contributed by atoms with Gasteiger partial charge in [-0.2, -0.15) is 0 Å². The molecule has 1 fully saturated rings. The van der Waals surface area contributed by atoms with Crippen LogP contribution in [0, 0.1) is 13.8 Å². The fraction of sp³-hybridized carbons (Fsp3) is 0.333. The van der Waals surface area contributed by atoms with Crippen LogP contribution < -0.4 is 15.5 Å². The zero-order valence-corrected chi connectivity index (χ0v) is 15.5. The Bertz CT molecular complexity index is 804. The second-order valence-electron chi connectivity index (χ2n) is 6.92. The second-order valence-corrected chi connectivity index (χ2v) is 6.92. The molecule has 0 saturated carbocycles. The first-order valence-electron chi connectivity index (χ1n) is 8.93. The Morgan fingerprint density at radius 2 is 1.85 bits per heavy atom. The largest absolute Gasteiger partial charge is 0.333 e. The number of urea groups is 1. The molecule has 1 aliphatic heterocycles. The minimum absolute atomic E-state index is 0.0367. The van der Waals surface area contributed by atoms with E-state index in [4.69, 9.17) is 0 Å². The standard InChI is InChI=1S/C21H25N3O2/c1-14-9-10-19(11-15(14)2)24-13-18(12-20(24)25)23-21(26)22-16(3)17-7-5-4-6-8-17/h4-11,16,18H,12-13H2,1-3H3,(H2,22,23,26). The predicted molar refractivity (Wildman–Crippen MR) is 103 cm³/mol. The number of carbonyl (C=O) groups excluding carboxylic acids is 2. The number of amides is 3. The smallest absolute Gasteiger partial charge is 0.315 e. The highest BCUT2D eigenvalue weighted by molar-refractivity contribution is 5.97. The van der Waals surface area contributed by atoms with Crippen molar-refractivity contribution in [1.82, 2.24) is 10.6 Å². The Kier molecular flexibility index (Phi) is 5.26. The van der Waals surface area contributed by atoms with E-state index < -0.39 is 0 Å². The molecule has 2 N–H and O–H groups in total. The Morgan fingerprint density at radius 1 is 1.12 bits per heavy atom. The van der Waals surface area contributed by atoms with Crippen LogP contribution in [0.25, 0.3) is 0 Å². The number of hydrogen-bond donors (Lipinski definition) is 2. The van der Waals surface area contributed by atoms with Crippen molar-refractivity contribution in [1.29, 1.82) is 0 Å². The maximum Gasteiger partial charge on any atom is 0.315 e. The Morgan fingerprint density at radius 3 is 2.54 bits per heavy atom. The summed E-state index contributed by atoms with van der Waals surface area (Å²) in [6.07, 6.45) is 0.320. The minimum atomic E-state index is -0.249. The molecule has 3 rings (SSSR count). The lowest BCUT2D eigenvalue weighted by molar-refractivity contribution is -0.117. The molecule has 3 amide bonds. The summed E-state index contributed by atoms with van der Waals surface area (Å²) in [7, 11) is 0. The first kappa shape index (κ1) is 18.0. The zero-order valence-electron chi connectivity index (χ0n) is 15.5. The summed E-state index contributed by atoms with van der Waals surface area (Å²) in [4.78, 5) is 26.4. The SMILES string of the molecule is Cc1ccc(N2CC(NC(=O)NC(C)c3ccccc3)CC2=O)cc1C. The maximum absolute atomic E-state index is 12.4. The molecule has 1 aliphatic rings. The fourth-order valence-electron chi connectivity index (χ4n) is 3.20. The van der Waals surface area contributed by atoms with Crippen molar-refractivity contribution in [3.05, 3.63) is 65.2 Å². The lowest BCUT2D eigenvalue weighted by Gasteiger charge is -2.20. The third-order valence-electron chi connectivity index (χ3n) is 4.91. The van der Waals surface area contributed by atoms with E-state index in [0.717, 1.165) is 16.8 Å². The van der Waals surface area contributed by atoms with E-state index in [2.05, 4.69) is 10.6 Å². The van der Waals surface area contributed by atoms with Crippen molar-refractivity contribution in [2.75, 3.05) is 11.4 Å². The van der Waals surface area contributed by atoms with E-state index >= 15 is 0 Å². The van der Waals surface area contributed by atoms with Crippen LogP contribution in [0.5, 0.6) is 0 Å². The van der Waals surface area contributed by atoms with Gasteiger partial charge in [-0.05, 0) is 49.6 Å². The van der Waals surface area contributed by atoms with Crippen molar-refractivity contribution in [3.8, 4) is 0 Å². The molecular formula is C21H25N3O2. The molecule has 0 bridgehead atoms. The average molecular weight is 351 g/mol. The monoisotopic (exact) mass is 351 g/mol. The number of nitrogens with zero attached hydrogens (tertiary/aromatic N) is 1. The number of anilines is 1. The van der Waals surface area contributed by atoms with Gasteiger partial charge in [-0.3, -0.25) is 4.79 Å². The predicted octanol–water partition coefficient (Wildman–Crippen LogP) is 3.47. The summed E-state index contributed by atoms with van der Waals surface area (Å²) >= 11 is 0. The topological polar surface area (TPSA) is 61.4 Å². The van der Waals surface area contributed by atoms with Gasteiger partial charge in [-0.25, -0.2) is 4.79 Å². The van der Waals surface area contributed by atoms with Crippen LogP contribution in [-0.2, 0) is 4.79 Å². The van der Waals surface area contributed by atoms with Gasteiger partial charge in [-0.15, -0.1) is 0 Å². The van der Waals surface area contributed by atoms with Crippen LogP contribution in [0.2, 0.25) is 0 Å². The Hall–Kier alpha value is -2.82. The van der Waals surface area contributed by atoms with Crippen molar-refractivity contribution >= 4 is 17.6 Å². The van der Waals surface area contributed by atoms with E-state index in [-0.39, 0.29) is 24.0 Å². The van der Waals surface area contributed by atoms with Crippen LogP contribution in [0.15, 0.2) is 48.5 Å². The summed E-state index contributed by atoms with van der Waals surface area (Å²) < 4.78 is 0. The van der Waals surface area contributed by atoms with Gasteiger partial charge >= 0.3 is 6.03 Å². The van der Waals surface area contributed by atoms with Gasteiger partial charge in [0.05, 0.1) is 12.1 Å². The first-order valence-corrected chi connectivity index (χ1v) is 8.93. The van der Waals surface area contributed by atoms with Crippen LogP contribution >= 0.6 is 0 Å². The minimum Gasteiger partial charge on any atom is -0.333 e. The van der Waals surface area contributed by atoms with Gasteiger partial charge in [-0.1, -0.05) is 36.4 Å². The molecule has 0 aromatic heterocycles. The van der Waals surface area contributed by atoms with Crippen LogP contribution in [-0.4, -0.2) is 24.5 Å². The summed E-state index contributed by atoms with van der Waals surface area (Å²) in [5.74, 6) is 0.0367. The van der Waals surface area contributed by atoms with Crippen LogP contribution in [0.1, 0.15) is 36.1 Å². The molecule has 0 aliphatic carbocycles. The molecule has 1 saturated heterocycles. The summed E-state index contributed by atoms with van der Waals surface area (Å²) in [5.41, 5.74) is 4.29. The number of hydrogen-bond acceptors (Lipinski definition) is 2. The molecule has 2 aromatic rings. The van der Waals surface area contributed by atoms with Gasteiger partial charge in [0.2, 0.25) is 5.91 Å². The number of benzene rings is 2. The normalized spacial score (nSPS) is 17.9. The van der Waals surface area contributed by atoms with Gasteiger partial charge in [0.1, 0.15) is 0 Å². The van der Waals surface area contributed by atoms with Crippen molar-refractivity contribution in [2.45, 2.75) is 39.3 Å². The molecule has 0 spiro atoms. The van der Waals surface area contributed by atoms with E-state index in [1.165, 1.54) is 5.56 Å². The van der Waals surface area contributed by atoms with Crippen LogP contribution in [0.4, 0.5) is 10.5 Å². The maximum atomic E-state index is 12.4. The van der Waals surface area contributed by atoms with E-state index in [9.17, 15) is 9.59 Å². The molecule has 2 atom stereocenters. The zero-order chi connectivity index (χ0) is 18.7. The molecule has 5 nitrogen and oxygen atoms in total. The average Bonchev–Trinajstić information content (AvgIpc) is 2.98. The Labute approximate surface area is 154 Å². The van der Waals surface area contributed by atoms with Crippen molar-refractivity contribution in [3.63, 3.8) is 0 Å². The number of aryl methyl sites for hydroxylation is 2. The highest BCUT2D eigenvalue weighted by Crippen LogP contribution is 2.24. The molecule has 26 heavy (non-hydrogen) atoms. The molecule has 5 heteroatoms. The van der Waals surface area contributed by atoms with Crippen molar-refractivity contribution in [2.24, 2.45) is 0 Å². The molecule has 0 radical (unpaired) electrons. The quantitative estimate of drug-likeness (QED) is 0.886. The lowest BCUT2D eigenvalue weighted by Crippen LogP contribution is -2.44. The molecular weight excluding hydrogens is 326 g/mol. The third kappa shape index (κ3) is 4.04. The highest BCUT2D eigenvalue weighted by Gasteiger charge is 2.31. The van der Waals surface area contributed by atoms with Gasteiger partial charge < -0.3 is 15.5 Å². The van der Waals surface area contributed by atoms with Gasteiger partial charge in [0.25, 0.3) is 0 Å². The van der Waals surface area contributed by atoms with Crippen molar-refractivity contribution < 1.29 is 9.59 Å². The molecule has 136 valence electrons. The molecule has 2 unspecified atom stereocenters. The summed E-state index contributed by atoms with van der Waals surface area (Å²) in [6.45, 7) is 6.52. The second kappa shape index (κ2) is 7.60. The van der Waals surface area contributed by atoms with Gasteiger partial charge in [0.15, 0.2) is 0 Å². The third-order valence-corrected chi connectivity index (χ3v) is 4.91. The van der Waals surface area contributed by atoms with E-state index in [0.29, 0.717) is 13.0 Å². The number of carbonyl (C=O) groups is 2. The highest BCUT2D eigenvalue weighted by atomic mass is 16.2. The van der Waals surface area contributed by atoms with Gasteiger partial charge in [0, 0.05) is 18.7 Å². The number of nitrogens with one attached hydrogen (secondary N) is 2. The number of rotatable bonds is 4. The lowest BCUT2D eigenvalue weighted by atomic mass is 10.1. The first-order chi connectivity index (χ1) is 12.4. The van der Waals surface area contributed by atoms with E-state index in [1.54, 1.807) is 4.90 Å². The molecule has 1 heterocycles. The summed E-state index contributed by atoms with van der Waals surface area (Å²) in [6, 6.07) is 15.3. The van der Waals surface area contributed by atoms with Crippen LogP contribution in [0.3, 0.4) is 0 Å².